The first-order chi connectivity index (χ1) is 11.8. The smallest absolute Gasteiger partial charge is 0.137 e. The highest BCUT2D eigenvalue weighted by molar-refractivity contribution is 5.85. The van der Waals surface area contributed by atoms with Gasteiger partial charge in [-0.3, -0.25) is 0 Å². The van der Waals surface area contributed by atoms with Crippen LogP contribution in [0.5, 0.6) is 0 Å². The second-order valence-electron chi connectivity index (χ2n) is 6.08. The molecule has 2 N–H and O–H groups in total. The number of aryl methyl sites for hydroxylation is 1. The van der Waals surface area contributed by atoms with Crippen molar-refractivity contribution in [2.75, 3.05) is 31.2 Å². The van der Waals surface area contributed by atoms with Gasteiger partial charge in [-0.25, -0.2) is 9.50 Å². The van der Waals surface area contributed by atoms with Crippen LogP contribution in [0.2, 0.25) is 0 Å². The molecule has 1 aliphatic heterocycles. The monoisotopic (exact) mass is 359 g/mol. The van der Waals surface area contributed by atoms with Gasteiger partial charge in [0.25, 0.3) is 0 Å². The molecule has 1 saturated heterocycles. The third-order valence-corrected chi connectivity index (χ3v) is 4.60. The van der Waals surface area contributed by atoms with Gasteiger partial charge in [-0.05, 0) is 30.2 Å². The Bertz CT molecular complexity index is 873. The molecule has 4 rings (SSSR count). The number of ether oxygens (including phenoxy) is 1. The number of morpholine rings is 1. The molecule has 0 aliphatic carbocycles. The Labute approximate surface area is 153 Å². The van der Waals surface area contributed by atoms with E-state index in [1.165, 1.54) is 5.56 Å². The lowest BCUT2D eigenvalue weighted by molar-refractivity contribution is 0.122. The molecule has 2 aromatic heterocycles. The van der Waals surface area contributed by atoms with Crippen molar-refractivity contribution in [2.24, 2.45) is 5.73 Å². The highest BCUT2D eigenvalue weighted by Crippen LogP contribution is 2.28. The number of nitrogens with two attached hydrogens (primary N) is 1. The fraction of sp³-hybridized carbons (Fsp3) is 0.333. The highest BCUT2D eigenvalue weighted by atomic mass is 35.5. The van der Waals surface area contributed by atoms with Gasteiger partial charge in [0, 0.05) is 25.2 Å². The lowest BCUT2D eigenvalue weighted by atomic mass is 10.0. The third-order valence-electron chi connectivity index (χ3n) is 4.60. The lowest BCUT2D eigenvalue weighted by Crippen LogP contribution is -2.35. The minimum atomic E-state index is 0. The second kappa shape index (κ2) is 7.39. The number of aromatic nitrogens is 3. The van der Waals surface area contributed by atoms with Gasteiger partial charge >= 0.3 is 0 Å². The average Bonchev–Trinajstić information content (AvgIpc) is 3.06. The number of benzene rings is 1. The van der Waals surface area contributed by atoms with E-state index in [0.717, 1.165) is 54.3 Å². The van der Waals surface area contributed by atoms with Crippen LogP contribution in [-0.2, 0) is 11.3 Å². The summed E-state index contributed by atoms with van der Waals surface area (Å²) in [7, 11) is 0. The molecule has 132 valence electrons. The van der Waals surface area contributed by atoms with Crippen molar-refractivity contribution in [1.82, 2.24) is 14.6 Å². The van der Waals surface area contributed by atoms with Crippen LogP contribution in [0.1, 0.15) is 11.1 Å². The van der Waals surface area contributed by atoms with Crippen molar-refractivity contribution in [1.29, 1.82) is 0 Å². The van der Waals surface area contributed by atoms with Crippen LogP contribution in [0.25, 0.3) is 16.8 Å². The summed E-state index contributed by atoms with van der Waals surface area (Å²) >= 11 is 0. The Morgan fingerprint density at radius 3 is 2.72 bits per heavy atom. The minimum Gasteiger partial charge on any atom is -0.378 e. The quantitative estimate of drug-likeness (QED) is 0.777. The zero-order chi connectivity index (χ0) is 16.5. The Balaban J connectivity index is 0.00000182. The van der Waals surface area contributed by atoms with E-state index in [4.69, 9.17) is 10.5 Å². The average molecular weight is 360 g/mol. The summed E-state index contributed by atoms with van der Waals surface area (Å²) in [6, 6.07) is 8.47. The first kappa shape index (κ1) is 17.7. The predicted molar refractivity (Wildman–Crippen MR) is 101 cm³/mol. The number of rotatable bonds is 3. The van der Waals surface area contributed by atoms with Crippen molar-refractivity contribution in [3.63, 3.8) is 0 Å². The van der Waals surface area contributed by atoms with Crippen LogP contribution >= 0.6 is 12.4 Å². The van der Waals surface area contributed by atoms with E-state index in [9.17, 15) is 0 Å². The largest absolute Gasteiger partial charge is 0.378 e. The van der Waals surface area contributed by atoms with E-state index in [1.807, 2.05) is 4.52 Å². The maximum atomic E-state index is 5.77. The number of nitrogens with zero attached hydrogens (tertiary/aromatic N) is 4. The minimum absolute atomic E-state index is 0. The number of anilines is 1. The summed E-state index contributed by atoms with van der Waals surface area (Å²) in [6.07, 6.45) is 3.67. The molecule has 1 fully saturated rings. The van der Waals surface area contributed by atoms with Crippen molar-refractivity contribution in [3.8, 4) is 11.3 Å². The van der Waals surface area contributed by atoms with E-state index in [0.29, 0.717) is 6.54 Å². The van der Waals surface area contributed by atoms with E-state index in [-0.39, 0.29) is 12.4 Å². The molecule has 0 amide bonds. The molecule has 0 unspecified atom stereocenters. The predicted octanol–water partition coefficient (Wildman–Crippen LogP) is 2.42. The first-order valence-electron chi connectivity index (χ1n) is 8.22. The summed E-state index contributed by atoms with van der Waals surface area (Å²) in [5.74, 6) is 0. The molecule has 0 bridgehead atoms. The molecule has 0 saturated carbocycles. The first-order valence-corrected chi connectivity index (χ1v) is 8.22. The highest BCUT2D eigenvalue weighted by Gasteiger charge is 2.16. The SMILES string of the molecule is Cc1cc(-c2ncnn3cc(N4CCOCC4)cc23)ccc1CN.Cl. The van der Waals surface area contributed by atoms with Gasteiger partial charge in [0.05, 0.1) is 36.3 Å². The summed E-state index contributed by atoms with van der Waals surface area (Å²) in [4.78, 5) is 6.85. The molecule has 0 radical (unpaired) electrons. The molecule has 0 spiro atoms. The molecule has 1 aliphatic rings. The standard InChI is InChI=1S/C18H21N5O.ClH/c1-13-8-14(2-3-15(13)10-19)18-17-9-16(11-23(17)21-12-20-18)22-4-6-24-7-5-22;/h2-3,8-9,11-12H,4-7,10,19H2,1H3;1H. The molecule has 6 nitrogen and oxygen atoms in total. The Morgan fingerprint density at radius 1 is 1.20 bits per heavy atom. The van der Waals surface area contributed by atoms with E-state index >= 15 is 0 Å². The zero-order valence-electron chi connectivity index (χ0n) is 14.2. The molecular weight excluding hydrogens is 338 g/mol. The van der Waals surface area contributed by atoms with Gasteiger partial charge in [0.2, 0.25) is 0 Å². The van der Waals surface area contributed by atoms with Crippen molar-refractivity contribution in [2.45, 2.75) is 13.5 Å². The summed E-state index contributed by atoms with van der Waals surface area (Å²) in [6.45, 7) is 5.99. The maximum Gasteiger partial charge on any atom is 0.137 e. The summed E-state index contributed by atoms with van der Waals surface area (Å²) in [5, 5.41) is 4.37. The van der Waals surface area contributed by atoms with Gasteiger partial charge in [-0.15, -0.1) is 12.4 Å². The molecule has 1 aromatic carbocycles. The fourth-order valence-electron chi connectivity index (χ4n) is 3.21. The number of fused-ring (bicyclic) bond motifs is 1. The van der Waals surface area contributed by atoms with Crippen LogP contribution in [0.3, 0.4) is 0 Å². The van der Waals surface area contributed by atoms with E-state index in [1.54, 1.807) is 6.33 Å². The maximum absolute atomic E-state index is 5.77. The number of halogens is 1. The summed E-state index contributed by atoms with van der Waals surface area (Å²) in [5.41, 5.74) is 12.3. The van der Waals surface area contributed by atoms with Gasteiger partial charge in [-0.1, -0.05) is 12.1 Å². The van der Waals surface area contributed by atoms with Crippen LogP contribution < -0.4 is 10.6 Å². The van der Waals surface area contributed by atoms with Crippen LogP contribution in [0.4, 0.5) is 5.69 Å². The fourth-order valence-corrected chi connectivity index (χ4v) is 3.21. The second-order valence-corrected chi connectivity index (χ2v) is 6.08. The molecule has 25 heavy (non-hydrogen) atoms. The van der Waals surface area contributed by atoms with Crippen molar-refractivity contribution >= 4 is 23.6 Å². The Morgan fingerprint density at radius 2 is 2.00 bits per heavy atom. The zero-order valence-corrected chi connectivity index (χ0v) is 15.0. The molecule has 3 aromatic rings. The normalized spacial score (nSPS) is 14.6. The third kappa shape index (κ3) is 3.33. The topological polar surface area (TPSA) is 68.7 Å². The molecule has 0 atom stereocenters. The van der Waals surface area contributed by atoms with E-state index in [2.05, 4.69) is 52.4 Å². The van der Waals surface area contributed by atoms with Gasteiger partial charge in [-0.2, -0.15) is 5.10 Å². The van der Waals surface area contributed by atoms with Crippen molar-refractivity contribution < 1.29 is 4.74 Å². The Hall–Kier alpha value is -2.15. The van der Waals surface area contributed by atoms with Crippen LogP contribution in [-0.4, -0.2) is 40.9 Å². The lowest BCUT2D eigenvalue weighted by Gasteiger charge is -2.27. The van der Waals surface area contributed by atoms with Crippen LogP contribution in [0, 0.1) is 6.92 Å². The number of hydrogen-bond acceptors (Lipinski definition) is 5. The Kier molecular flexibility index (Phi) is 5.22. The molecular formula is C18H22ClN5O. The van der Waals surface area contributed by atoms with Gasteiger partial charge < -0.3 is 15.4 Å². The molecule has 7 heteroatoms. The van der Waals surface area contributed by atoms with Crippen molar-refractivity contribution in [3.05, 3.63) is 47.9 Å². The van der Waals surface area contributed by atoms with Gasteiger partial charge in [0.15, 0.2) is 0 Å². The van der Waals surface area contributed by atoms with Crippen LogP contribution in [0.15, 0.2) is 36.8 Å². The number of hydrogen-bond donors (Lipinski definition) is 1. The van der Waals surface area contributed by atoms with E-state index < -0.39 is 0 Å². The summed E-state index contributed by atoms with van der Waals surface area (Å²) < 4.78 is 7.34. The van der Waals surface area contributed by atoms with Gasteiger partial charge in [0.1, 0.15) is 6.33 Å². The molecule has 3 heterocycles.